The zero-order valence-corrected chi connectivity index (χ0v) is 51.3. The van der Waals surface area contributed by atoms with Gasteiger partial charge in [-0.15, -0.1) is 0 Å². The van der Waals surface area contributed by atoms with E-state index < -0.39 is 0 Å². The Bertz CT molecular complexity index is 5760. The van der Waals surface area contributed by atoms with E-state index in [1.54, 1.807) is 0 Å². The van der Waals surface area contributed by atoms with E-state index in [0.29, 0.717) is 45.3 Å². The highest BCUT2D eigenvalue weighted by atomic mass is 15.2. The van der Waals surface area contributed by atoms with Crippen molar-refractivity contribution in [3.8, 4) is 103 Å². The zero-order chi connectivity index (χ0) is 64.1. The summed E-state index contributed by atoms with van der Waals surface area (Å²) in [7, 11) is 0. The van der Waals surface area contributed by atoms with Crippen LogP contribution in [0.5, 0.6) is 0 Å². The minimum absolute atomic E-state index is 0.475. The van der Waals surface area contributed by atoms with Gasteiger partial charge in [0.1, 0.15) is 11.4 Å². The van der Waals surface area contributed by atoms with Gasteiger partial charge in [0.25, 0.3) is 0 Å². The molecule has 0 saturated heterocycles. The Morgan fingerprint density at radius 2 is 0.427 bits per heavy atom. The Morgan fingerprint density at radius 3 is 0.677 bits per heavy atom. The van der Waals surface area contributed by atoms with Gasteiger partial charge in [-0.3, -0.25) is 9.13 Å². The molecule has 0 saturated carbocycles. The van der Waals surface area contributed by atoms with Gasteiger partial charge < -0.3 is 9.13 Å². The third-order valence-electron chi connectivity index (χ3n) is 19.0. The second-order valence-corrected chi connectivity index (χ2v) is 24.3. The van der Waals surface area contributed by atoms with Crippen molar-refractivity contribution in [3.63, 3.8) is 0 Å². The van der Waals surface area contributed by atoms with Crippen LogP contribution in [0.15, 0.2) is 297 Å². The smallest absolute Gasteiger partial charge is 0.165 e. The summed E-state index contributed by atoms with van der Waals surface area (Å²) in [6.07, 6.45) is 0. The molecule has 442 valence electrons. The molecule has 0 amide bonds. The van der Waals surface area contributed by atoms with Crippen LogP contribution < -0.4 is 0 Å². The monoisotopic (exact) mass is 1220 g/mol. The van der Waals surface area contributed by atoms with Crippen LogP contribution in [0.2, 0.25) is 0 Å². The Kier molecular flexibility index (Phi) is 12.6. The van der Waals surface area contributed by atoms with E-state index in [2.05, 4.69) is 237 Å². The first-order valence-corrected chi connectivity index (χ1v) is 31.7. The van der Waals surface area contributed by atoms with Crippen molar-refractivity contribution in [2.45, 2.75) is 0 Å². The van der Waals surface area contributed by atoms with E-state index in [-0.39, 0.29) is 0 Å². The summed E-state index contributed by atoms with van der Waals surface area (Å²) in [5.74, 6) is 1.19. The molecule has 18 aromatic rings. The fourth-order valence-electron chi connectivity index (χ4n) is 14.7. The third kappa shape index (κ3) is 8.57. The van der Waals surface area contributed by atoms with Gasteiger partial charge in [-0.1, -0.05) is 176 Å². The quantitative estimate of drug-likeness (QED) is 0.142. The molecule has 18 rings (SSSR count). The summed E-state index contributed by atoms with van der Waals surface area (Å²) in [6, 6.07) is 112. The number of hydrogen-bond acceptors (Lipinski definition) is 5. The molecule has 5 aromatic heterocycles. The molecule has 0 atom stereocenters. The van der Waals surface area contributed by atoms with Crippen molar-refractivity contribution in [2.75, 3.05) is 0 Å². The fraction of sp³-hybridized carbons (Fsp3) is 0. The highest BCUT2D eigenvalue weighted by Gasteiger charge is 2.33. The van der Waals surface area contributed by atoms with Crippen molar-refractivity contribution in [1.82, 2.24) is 23.3 Å². The van der Waals surface area contributed by atoms with Crippen LogP contribution in [0.25, 0.3) is 166 Å². The minimum Gasteiger partial charge on any atom is -0.305 e. The van der Waals surface area contributed by atoms with Crippen molar-refractivity contribution in [3.05, 3.63) is 320 Å². The molecule has 0 spiro atoms. The molecule has 0 aliphatic carbocycles. The van der Waals surface area contributed by atoms with Gasteiger partial charge in [-0.2, -0.15) is 21.0 Å². The molecule has 5 heterocycles. The Hall–Kier alpha value is -13.8. The molecule has 0 unspecified atom stereocenters. The SMILES string of the molecule is N#Cc1ccc2c(c1)c1cc(C#N)ccc1n2-c1c(-n2c3ccc(-c4ccccc4)cc3c3cc(-c4ccccc4)ccc32)nc(-n2c3ccc(-c4ccccc4)cc3c3cc(-c4ccccc4)ccc32)c(-n2c3ccc(C#N)cc3c3cc(C#N)ccc32)c1-c1ccccc1. The summed E-state index contributed by atoms with van der Waals surface area (Å²) in [5.41, 5.74) is 20.4. The molecule has 0 radical (unpaired) electrons. The average Bonchev–Trinajstić information content (AvgIpc) is 1.53. The summed E-state index contributed by atoms with van der Waals surface area (Å²) in [6.45, 7) is 0. The predicted molar refractivity (Wildman–Crippen MR) is 388 cm³/mol. The minimum atomic E-state index is 0.475. The van der Waals surface area contributed by atoms with Gasteiger partial charge in [0, 0.05) is 48.7 Å². The highest BCUT2D eigenvalue weighted by Crippen LogP contribution is 2.50. The molecular formula is C87H49N9. The van der Waals surface area contributed by atoms with E-state index in [4.69, 9.17) is 4.98 Å². The molecule has 9 heteroatoms. The molecule has 13 aromatic carbocycles. The van der Waals surface area contributed by atoms with Gasteiger partial charge in [-0.25, -0.2) is 4.98 Å². The normalized spacial score (nSPS) is 11.5. The fourth-order valence-corrected chi connectivity index (χ4v) is 14.7. The van der Waals surface area contributed by atoms with Crippen molar-refractivity contribution < 1.29 is 0 Å². The summed E-state index contributed by atoms with van der Waals surface area (Å²) >= 11 is 0. The van der Waals surface area contributed by atoms with E-state index >= 15 is 0 Å². The number of fused-ring (bicyclic) bond motifs is 12. The predicted octanol–water partition coefficient (Wildman–Crippen LogP) is 21.3. The molecule has 0 bridgehead atoms. The van der Waals surface area contributed by atoms with Crippen LogP contribution in [-0.4, -0.2) is 23.3 Å². The van der Waals surface area contributed by atoms with Crippen molar-refractivity contribution in [1.29, 1.82) is 21.0 Å². The number of pyridine rings is 1. The van der Waals surface area contributed by atoms with Crippen molar-refractivity contribution >= 4 is 87.2 Å². The lowest BCUT2D eigenvalue weighted by molar-refractivity contribution is 0.961. The summed E-state index contributed by atoms with van der Waals surface area (Å²) in [4.78, 5) is 6.52. The van der Waals surface area contributed by atoms with Crippen LogP contribution in [-0.2, 0) is 0 Å². The van der Waals surface area contributed by atoms with Gasteiger partial charge in [0.15, 0.2) is 11.6 Å². The Labute approximate surface area is 550 Å². The highest BCUT2D eigenvalue weighted by molar-refractivity contribution is 6.17. The molecule has 0 N–H and O–H groups in total. The van der Waals surface area contributed by atoms with Gasteiger partial charge in [0.05, 0.1) is 90.7 Å². The van der Waals surface area contributed by atoms with Gasteiger partial charge in [-0.05, 0) is 171 Å². The number of nitrogens with zero attached hydrogens (tertiary/aromatic N) is 9. The first kappa shape index (κ1) is 55.0. The second-order valence-electron chi connectivity index (χ2n) is 24.3. The third-order valence-corrected chi connectivity index (χ3v) is 19.0. The zero-order valence-electron chi connectivity index (χ0n) is 51.3. The molecule has 0 aliphatic heterocycles. The van der Waals surface area contributed by atoms with Crippen LogP contribution in [0, 0.1) is 45.3 Å². The molecule has 96 heavy (non-hydrogen) atoms. The molecule has 0 fully saturated rings. The second kappa shape index (κ2) is 21.9. The number of nitriles is 4. The lowest BCUT2D eigenvalue weighted by atomic mass is 10.00. The van der Waals surface area contributed by atoms with E-state index in [1.807, 2.05) is 103 Å². The van der Waals surface area contributed by atoms with E-state index in [9.17, 15) is 21.0 Å². The maximum Gasteiger partial charge on any atom is 0.165 e. The first-order chi connectivity index (χ1) is 47.4. The number of rotatable bonds is 9. The Balaban J connectivity index is 1.11. The summed E-state index contributed by atoms with van der Waals surface area (Å²) < 4.78 is 9.26. The largest absolute Gasteiger partial charge is 0.305 e. The lowest BCUT2D eigenvalue weighted by Crippen LogP contribution is -2.16. The number of benzene rings is 13. The van der Waals surface area contributed by atoms with E-state index in [0.717, 1.165) is 143 Å². The number of aromatic nitrogens is 5. The van der Waals surface area contributed by atoms with E-state index in [1.165, 1.54) is 0 Å². The standard InChI is InChI=1S/C87H49N9/c88-50-54-26-34-75-67(42-54)68-43-55(51-89)27-35-76(68)93(75)84-83(62-24-14-5-15-25-62)85(94-77-36-28-56(52-90)44-69(77)70-45-57(53-91)29-37-78(70)94)87(96-81-40-32-65(60-20-10-3-11-21-60)48-73(81)74-49-66(33-41-82(74)96)61-22-12-4-13-23-61)92-86(84)95-79-38-30-63(58-16-6-1-7-17-58)46-71(79)72-47-64(31-39-80(72)95)59-18-8-2-9-19-59/h1-49H. The number of hydrogen-bond donors (Lipinski definition) is 0. The summed E-state index contributed by atoms with van der Waals surface area (Å²) in [5, 5.41) is 49.9. The molecule has 0 aliphatic rings. The van der Waals surface area contributed by atoms with Gasteiger partial charge >= 0.3 is 0 Å². The molecular weight excluding hydrogens is 1170 g/mol. The lowest BCUT2D eigenvalue weighted by Gasteiger charge is -2.27. The maximum absolute atomic E-state index is 10.7. The van der Waals surface area contributed by atoms with Crippen molar-refractivity contribution in [2.24, 2.45) is 0 Å². The average molecular weight is 1220 g/mol. The van der Waals surface area contributed by atoms with Crippen LogP contribution in [0.1, 0.15) is 22.3 Å². The van der Waals surface area contributed by atoms with Crippen LogP contribution >= 0.6 is 0 Å². The van der Waals surface area contributed by atoms with Crippen LogP contribution in [0.4, 0.5) is 0 Å². The van der Waals surface area contributed by atoms with Gasteiger partial charge in [0.2, 0.25) is 0 Å². The Morgan fingerprint density at radius 1 is 0.208 bits per heavy atom. The first-order valence-electron chi connectivity index (χ1n) is 31.7. The molecule has 9 nitrogen and oxygen atoms in total. The van der Waals surface area contributed by atoms with Crippen LogP contribution in [0.3, 0.4) is 0 Å². The topological polar surface area (TPSA) is 128 Å². The maximum atomic E-state index is 10.7.